The van der Waals surface area contributed by atoms with Crippen LogP contribution in [0.4, 0.5) is 0 Å². The van der Waals surface area contributed by atoms with Gasteiger partial charge < -0.3 is 105 Å². The molecule has 4 aliphatic rings. The van der Waals surface area contributed by atoms with Gasteiger partial charge in [-0.2, -0.15) is 0 Å². The predicted octanol–water partition coefficient (Wildman–Crippen LogP) is -9.75. The molecule has 0 aromatic rings. The van der Waals surface area contributed by atoms with Crippen LogP contribution in [0.15, 0.2) is 0 Å². The fourth-order valence-electron chi connectivity index (χ4n) is 5.44. The van der Waals surface area contributed by atoms with Gasteiger partial charge in [-0.15, -0.1) is 0 Å². The third-order valence-corrected chi connectivity index (χ3v) is 8.18. The lowest BCUT2D eigenvalue weighted by Gasteiger charge is -2.48. The van der Waals surface area contributed by atoms with Crippen molar-refractivity contribution in [2.24, 2.45) is 0 Å². The maximum absolute atomic E-state index is 10.9. The molecule has 20 atom stereocenters. The largest absolute Gasteiger partial charge is 0.394 e. The molecule has 0 bridgehead atoms. The second kappa shape index (κ2) is 15.6. The van der Waals surface area contributed by atoms with Crippen molar-refractivity contribution in [2.75, 3.05) is 26.4 Å². The lowest BCUT2D eigenvalue weighted by Crippen LogP contribution is -2.66. The predicted molar refractivity (Wildman–Crippen MR) is 134 cm³/mol. The van der Waals surface area contributed by atoms with Gasteiger partial charge in [0.25, 0.3) is 0 Å². The fourth-order valence-corrected chi connectivity index (χ4v) is 5.44. The summed E-state index contributed by atoms with van der Waals surface area (Å²) >= 11 is 0. The number of aliphatic hydroxyl groups excluding tert-OH is 14. The Labute approximate surface area is 254 Å². The van der Waals surface area contributed by atoms with Crippen LogP contribution in [-0.2, 0) is 33.2 Å². The maximum Gasteiger partial charge on any atom is 0.187 e. The van der Waals surface area contributed by atoms with E-state index in [9.17, 15) is 71.5 Å². The molecule has 0 spiro atoms. The number of hydrogen-bond donors (Lipinski definition) is 14. The van der Waals surface area contributed by atoms with Gasteiger partial charge in [0.05, 0.1) is 26.4 Å². The summed E-state index contributed by atoms with van der Waals surface area (Å²) in [7, 11) is 0. The second-order valence-corrected chi connectivity index (χ2v) is 11.2. The molecule has 0 aromatic heterocycles. The Morgan fingerprint density at radius 2 is 0.778 bits per heavy atom. The van der Waals surface area contributed by atoms with Gasteiger partial charge in [0.2, 0.25) is 0 Å². The minimum atomic E-state index is -2.00. The molecule has 14 N–H and O–H groups in total. The molecule has 4 fully saturated rings. The first-order valence-electron chi connectivity index (χ1n) is 14.1. The zero-order valence-electron chi connectivity index (χ0n) is 23.5. The van der Waals surface area contributed by atoms with Crippen molar-refractivity contribution in [3.8, 4) is 0 Å². The molecule has 4 saturated heterocycles. The van der Waals surface area contributed by atoms with Crippen LogP contribution in [0.1, 0.15) is 0 Å². The molecule has 21 nitrogen and oxygen atoms in total. The maximum atomic E-state index is 10.9. The smallest absolute Gasteiger partial charge is 0.187 e. The van der Waals surface area contributed by atoms with Crippen molar-refractivity contribution in [3.63, 3.8) is 0 Å². The van der Waals surface area contributed by atoms with E-state index in [2.05, 4.69) is 0 Å². The van der Waals surface area contributed by atoms with Gasteiger partial charge in [0.15, 0.2) is 25.2 Å². The number of aliphatic hydroxyl groups is 14. The summed E-state index contributed by atoms with van der Waals surface area (Å²) in [4.78, 5) is 0. The van der Waals surface area contributed by atoms with Crippen molar-refractivity contribution < 1.29 is 105 Å². The van der Waals surface area contributed by atoms with Crippen LogP contribution in [0.2, 0.25) is 0 Å². The molecule has 0 amide bonds. The zero-order chi connectivity index (χ0) is 33.3. The summed E-state index contributed by atoms with van der Waals surface area (Å²) in [5.41, 5.74) is 0. The van der Waals surface area contributed by atoms with E-state index in [0.29, 0.717) is 0 Å². The normalized spacial score (nSPS) is 52.9. The average Bonchev–Trinajstić information content (AvgIpc) is 3.03. The molecular weight excluding hydrogens is 630 g/mol. The molecule has 0 aromatic carbocycles. The summed E-state index contributed by atoms with van der Waals surface area (Å²) < 4.78 is 37.5. The summed E-state index contributed by atoms with van der Waals surface area (Å²) in [5, 5.41) is 142. The highest BCUT2D eigenvalue weighted by molar-refractivity contribution is 4.96. The second-order valence-electron chi connectivity index (χ2n) is 11.2. The lowest BCUT2D eigenvalue weighted by atomic mass is 9.96. The fraction of sp³-hybridized carbons (Fsp3) is 1.00. The first-order valence-corrected chi connectivity index (χ1v) is 14.1. The van der Waals surface area contributed by atoms with Crippen LogP contribution >= 0.6 is 0 Å². The third-order valence-electron chi connectivity index (χ3n) is 8.18. The number of ether oxygens (including phenoxy) is 7. The van der Waals surface area contributed by atoms with E-state index in [0.717, 1.165) is 0 Å². The Hall–Kier alpha value is -0.840. The van der Waals surface area contributed by atoms with Gasteiger partial charge in [-0.05, 0) is 0 Å². The van der Waals surface area contributed by atoms with Crippen molar-refractivity contribution in [3.05, 3.63) is 0 Å². The Morgan fingerprint density at radius 3 is 1.31 bits per heavy atom. The summed E-state index contributed by atoms with van der Waals surface area (Å²) in [6.45, 7) is -3.14. The topological polar surface area (TPSA) is 348 Å². The molecule has 264 valence electrons. The number of rotatable bonds is 10. The average molecular weight is 673 g/mol. The monoisotopic (exact) mass is 672 g/mol. The van der Waals surface area contributed by atoms with Gasteiger partial charge in [-0.3, -0.25) is 0 Å². The Balaban J connectivity index is 1.41. The Kier molecular flexibility index (Phi) is 12.8. The third kappa shape index (κ3) is 7.59. The molecule has 1 unspecified atom stereocenters. The van der Waals surface area contributed by atoms with Crippen molar-refractivity contribution in [1.82, 2.24) is 0 Å². The minimum absolute atomic E-state index is 0.683. The van der Waals surface area contributed by atoms with Crippen molar-refractivity contribution in [2.45, 2.75) is 123 Å². The molecule has 0 saturated carbocycles. The molecule has 45 heavy (non-hydrogen) atoms. The van der Waals surface area contributed by atoms with Crippen molar-refractivity contribution in [1.29, 1.82) is 0 Å². The van der Waals surface area contributed by atoms with Gasteiger partial charge in [-0.1, -0.05) is 0 Å². The molecule has 21 heteroatoms. The van der Waals surface area contributed by atoms with Gasteiger partial charge in [0.1, 0.15) is 97.7 Å². The van der Waals surface area contributed by atoms with Gasteiger partial charge in [-0.25, -0.2) is 0 Å². The van der Waals surface area contributed by atoms with Gasteiger partial charge >= 0.3 is 0 Å². The highest BCUT2D eigenvalue weighted by Gasteiger charge is 2.53. The van der Waals surface area contributed by atoms with Crippen LogP contribution in [0.5, 0.6) is 0 Å². The highest BCUT2D eigenvalue weighted by Crippen LogP contribution is 2.32. The molecule has 4 aliphatic heterocycles. The molecule has 0 radical (unpaired) electrons. The van der Waals surface area contributed by atoms with E-state index in [1.165, 1.54) is 0 Å². The van der Waals surface area contributed by atoms with Crippen LogP contribution < -0.4 is 0 Å². The molecule has 4 heterocycles. The molecule has 4 rings (SSSR count). The Morgan fingerprint density at radius 1 is 0.378 bits per heavy atom. The summed E-state index contributed by atoms with van der Waals surface area (Å²) in [5.74, 6) is 0. The van der Waals surface area contributed by atoms with E-state index in [1.54, 1.807) is 0 Å². The highest BCUT2D eigenvalue weighted by atomic mass is 16.9. The zero-order valence-corrected chi connectivity index (χ0v) is 23.5. The number of hydrogen-bond acceptors (Lipinski definition) is 21. The Bertz CT molecular complexity index is 912. The first-order chi connectivity index (χ1) is 21.2. The van der Waals surface area contributed by atoms with E-state index in [-0.39, 0.29) is 0 Å². The molecule has 0 aliphatic carbocycles. The van der Waals surface area contributed by atoms with Crippen LogP contribution in [-0.4, -0.2) is 221 Å². The van der Waals surface area contributed by atoms with Crippen LogP contribution in [0.3, 0.4) is 0 Å². The van der Waals surface area contributed by atoms with E-state index < -0.39 is 149 Å². The minimum Gasteiger partial charge on any atom is -0.394 e. The van der Waals surface area contributed by atoms with Crippen LogP contribution in [0.25, 0.3) is 0 Å². The first kappa shape index (κ1) is 37.0. The van der Waals surface area contributed by atoms with E-state index >= 15 is 0 Å². The standard InChI is InChI=1S/C24H42O21/c25-1-5-9(28)11(30)16(35)22(41-5)39-4-8-10(29)12(31)17(36)23(43-8)45-20-7(3-27)42-24(18(37)14(20)33)44-19-6(2-26)40-21(38)15(34)13(19)32/h5-38H,1-4H2/t5-,6-,7-,8-,9-,10-,11+,12+,13-,14-,15-,16-,17-,18-,19-,20-,21?,22+,23-,24-/m1/s1/i1+1,5+1,9+1,11+1,16+1,22+1. The van der Waals surface area contributed by atoms with Crippen molar-refractivity contribution >= 4 is 0 Å². The molecular formula is C24H42O21. The van der Waals surface area contributed by atoms with Gasteiger partial charge in [0, 0.05) is 0 Å². The van der Waals surface area contributed by atoms with E-state index in [1.807, 2.05) is 0 Å². The van der Waals surface area contributed by atoms with Crippen LogP contribution in [0, 0.1) is 0 Å². The lowest BCUT2D eigenvalue weighted by molar-refractivity contribution is -0.380. The SMILES string of the molecule is OC[C@H]1O[C@H](O[C@H]2[C@H](O)[C@@H](O)C(O)O[C@@H]2CO)[C@H](O)[C@@H](O)[C@@H]1O[C@H]1O[C@H](CO[13C@H]2O[13C@H]([13CH2]O)[13C@@H](O)[13C@H](O)[13C@H]2O)[C@@H](O)[C@H](O)[C@H]1O. The van der Waals surface area contributed by atoms with E-state index in [4.69, 9.17) is 33.2 Å². The summed E-state index contributed by atoms with van der Waals surface area (Å²) in [6, 6.07) is 0. The summed E-state index contributed by atoms with van der Waals surface area (Å²) in [6.07, 6.45) is -35.0. The quantitative estimate of drug-likeness (QED) is 0.0958.